The highest BCUT2D eigenvalue weighted by atomic mass is 19.1. The molecule has 0 saturated carbocycles. The molecule has 4 heterocycles. The van der Waals surface area contributed by atoms with Crippen LogP contribution in [0.4, 0.5) is 35.4 Å². The van der Waals surface area contributed by atoms with Gasteiger partial charge in [-0.05, 0) is 74.5 Å². The van der Waals surface area contributed by atoms with Crippen molar-refractivity contribution in [3.8, 4) is 5.75 Å². The van der Waals surface area contributed by atoms with Crippen molar-refractivity contribution in [2.24, 2.45) is 5.73 Å². The van der Waals surface area contributed by atoms with Crippen LogP contribution in [0.25, 0.3) is 0 Å². The SMILES string of the molecule is C=CC1(NC(N)=O)CN(c2ccc(N3CCN(c4ccc(OC[C@H]5OC[C@](Cn6cncn6)(c6ccc(F)cc6F)O5)cc4)CC3)cc2)C(=O)N1C(C)C. The number of amides is 4. The summed E-state index contributed by atoms with van der Waals surface area (Å²) in [6, 6.07) is 17.8. The van der Waals surface area contributed by atoms with Gasteiger partial charge in [0.2, 0.25) is 0 Å². The Kier molecular flexibility index (Phi) is 10.1. The number of nitrogens with two attached hydrogens (primary N) is 1. The monoisotopic (exact) mass is 743 g/mol. The molecular weight excluding hydrogens is 700 g/mol. The molecule has 14 nitrogen and oxygen atoms in total. The largest absolute Gasteiger partial charge is 0.488 e. The molecule has 3 saturated heterocycles. The lowest BCUT2D eigenvalue weighted by molar-refractivity contribution is -0.117. The molecule has 3 N–H and O–H groups in total. The molecule has 7 rings (SSSR count). The zero-order valence-corrected chi connectivity index (χ0v) is 30.1. The summed E-state index contributed by atoms with van der Waals surface area (Å²) in [7, 11) is 0. The third-order valence-electron chi connectivity index (χ3n) is 10.0. The van der Waals surface area contributed by atoms with Crippen LogP contribution in [-0.4, -0.2) is 95.7 Å². The smallest absolute Gasteiger partial charge is 0.327 e. The summed E-state index contributed by atoms with van der Waals surface area (Å²) in [4.78, 5) is 37.1. The maximum Gasteiger partial charge on any atom is 0.327 e. The topological polar surface area (TPSA) is 144 Å². The van der Waals surface area contributed by atoms with Crippen LogP contribution in [0, 0.1) is 11.6 Å². The van der Waals surface area contributed by atoms with Crippen molar-refractivity contribution >= 4 is 29.1 Å². The molecule has 0 bridgehead atoms. The Bertz CT molecular complexity index is 1960. The van der Waals surface area contributed by atoms with Crippen LogP contribution in [0.15, 0.2) is 92.0 Å². The fraction of sp³-hybridized carbons (Fsp3) is 0.368. The third kappa shape index (κ3) is 7.26. The molecule has 3 aliphatic rings. The fourth-order valence-electron chi connectivity index (χ4n) is 7.45. The van der Waals surface area contributed by atoms with Gasteiger partial charge < -0.3 is 35.1 Å². The Labute approximate surface area is 311 Å². The lowest BCUT2D eigenvalue weighted by Crippen LogP contribution is -2.61. The van der Waals surface area contributed by atoms with E-state index in [-0.39, 0.29) is 43.9 Å². The number of rotatable bonds is 12. The number of carbonyl (C=O) groups is 2. The van der Waals surface area contributed by atoms with Gasteiger partial charge in [-0.15, -0.1) is 0 Å². The average Bonchev–Trinajstić information content (AvgIpc) is 3.89. The van der Waals surface area contributed by atoms with E-state index in [2.05, 4.69) is 31.8 Å². The van der Waals surface area contributed by atoms with Crippen molar-refractivity contribution in [3.05, 3.63) is 109 Å². The van der Waals surface area contributed by atoms with E-state index >= 15 is 0 Å². The maximum absolute atomic E-state index is 14.9. The highest BCUT2D eigenvalue weighted by Crippen LogP contribution is 2.38. The Hall–Kier alpha value is -5.74. The maximum atomic E-state index is 14.9. The van der Waals surface area contributed by atoms with Crippen LogP contribution in [0.1, 0.15) is 19.4 Å². The number of hydrogen-bond donors (Lipinski definition) is 2. The minimum atomic E-state index is -1.25. The highest BCUT2D eigenvalue weighted by Gasteiger charge is 2.50. The molecule has 0 aliphatic carbocycles. The highest BCUT2D eigenvalue weighted by molar-refractivity contribution is 5.96. The second-order valence-corrected chi connectivity index (χ2v) is 13.8. The van der Waals surface area contributed by atoms with Gasteiger partial charge in [0, 0.05) is 60.9 Å². The van der Waals surface area contributed by atoms with Gasteiger partial charge in [-0.25, -0.2) is 28.0 Å². The molecule has 3 aliphatic heterocycles. The Morgan fingerprint density at radius 3 is 2.26 bits per heavy atom. The van der Waals surface area contributed by atoms with E-state index in [1.54, 1.807) is 15.9 Å². The Morgan fingerprint density at radius 1 is 1.04 bits per heavy atom. The molecule has 3 fully saturated rings. The Morgan fingerprint density at radius 2 is 1.69 bits per heavy atom. The number of aromatic nitrogens is 3. The number of benzene rings is 3. The molecule has 4 amide bonds. The normalized spacial score (nSPS) is 23.0. The number of primary amides is 1. The summed E-state index contributed by atoms with van der Waals surface area (Å²) in [5.74, 6) is -0.798. The van der Waals surface area contributed by atoms with Gasteiger partial charge in [0.15, 0.2) is 12.0 Å². The minimum Gasteiger partial charge on any atom is -0.488 e. The summed E-state index contributed by atoms with van der Waals surface area (Å²) in [6.07, 6.45) is 3.62. The quantitative estimate of drug-likeness (QED) is 0.202. The molecule has 1 aromatic heterocycles. The van der Waals surface area contributed by atoms with Gasteiger partial charge in [-0.3, -0.25) is 9.80 Å². The molecule has 3 aromatic carbocycles. The van der Waals surface area contributed by atoms with Crippen molar-refractivity contribution in [2.45, 2.75) is 44.0 Å². The minimum absolute atomic E-state index is 0.0140. The molecule has 16 heteroatoms. The summed E-state index contributed by atoms with van der Waals surface area (Å²) < 4.78 is 48.3. The fourth-order valence-corrected chi connectivity index (χ4v) is 7.45. The number of anilines is 3. The predicted molar refractivity (Wildman–Crippen MR) is 197 cm³/mol. The predicted octanol–water partition coefficient (Wildman–Crippen LogP) is 4.43. The molecule has 0 radical (unpaired) electrons. The van der Waals surface area contributed by atoms with E-state index in [0.29, 0.717) is 11.4 Å². The number of halogens is 2. The second-order valence-electron chi connectivity index (χ2n) is 13.8. The first-order valence-electron chi connectivity index (χ1n) is 17.7. The summed E-state index contributed by atoms with van der Waals surface area (Å²) in [6.45, 7) is 11.2. The molecule has 4 aromatic rings. The Balaban J connectivity index is 0.925. The first-order chi connectivity index (χ1) is 26.0. The van der Waals surface area contributed by atoms with E-state index in [1.807, 2.05) is 62.4 Å². The summed E-state index contributed by atoms with van der Waals surface area (Å²) >= 11 is 0. The first kappa shape index (κ1) is 36.6. The number of hydrogen-bond acceptors (Lipinski definition) is 9. The van der Waals surface area contributed by atoms with Crippen LogP contribution < -0.4 is 30.5 Å². The van der Waals surface area contributed by atoms with Gasteiger partial charge in [-0.2, -0.15) is 5.10 Å². The molecule has 1 unspecified atom stereocenters. The number of urea groups is 2. The van der Waals surface area contributed by atoms with E-state index < -0.39 is 35.2 Å². The number of nitrogens with one attached hydrogen (secondary N) is 1. The zero-order chi connectivity index (χ0) is 38.0. The van der Waals surface area contributed by atoms with Crippen LogP contribution >= 0.6 is 0 Å². The van der Waals surface area contributed by atoms with Crippen LogP contribution in [-0.2, 0) is 21.6 Å². The van der Waals surface area contributed by atoms with Gasteiger partial charge in [0.05, 0.1) is 19.7 Å². The molecule has 0 spiro atoms. The summed E-state index contributed by atoms with van der Waals surface area (Å²) in [5, 5.41) is 6.84. The average molecular weight is 744 g/mol. The van der Waals surface area contributed by atoms with E-state index in [4.69, 9.17) is 19.9 Å². The van der Waals surface area contributed by atoms with Crippen molar-refractivity contribution in [3.63, 3.8) is 0 Å². The second kappa shape index (κ2) is 14.9. The van der Waals surface area contributed by atoms with Gasteiger partial charge in [0.1, 0.15) is 42.2 Å². The lowest BCUT2D eigenvalue weighted by Gasteiger charge is -2.37. The van der Waals surface area contributed by atoms with E-state index in [1.165, 1.54) is 29.5 Å². The van der Waals surface area contributed by atoms with Crippen molar-refractivity contribution in [1.82, 2.24) is 25.0 Å². The summed E-state index contributed by atoms with van der Waals surface area (Å²) in [5.41, 5.74) is 6.07. The number of nitrogens with zero attached hydrogens (tertiary/aromatic N) is 7. The lowest BCUT2D eigenvalue weighted by atomic mass is 9.94. The van der Waals surface area contributed by atoms with Crippen LogP contribution in [0.2, 0.25) is 0 Å². The zero-order valence-electron chi connectivity index (χ0n) is 30.1. The van der Waals surface area contributed by atoms with Gasteiger partial charge in [-0.1, -0.05) is 12.6 Å². The van der Waals surface area contributed by atoms with Crippen molar-refractivity contribution in [2.75, 3.05) is 60.6 Å². The van der Waals surface area contributed by atoms with Crippen molar-refractivity contribution in [1.29, 1.82) is 0 Å². The van der Waals surface area contributed by atoms with Gasteiger partial charge >= 0.3 is 12.1 Å². The van der Waals surface area contributed by atoms with E-state index in [9.17, 15) is 18.4 Å². The standard InChI is InChI=1S/C38H43F2N9O5/c1-4-38(44-35(41)50)22-48(36(51)49(38)26(2)3)30-8-6-28(7-9-30)45-15-17-46(18-16-45)29-10-12-31(13-11-29)52-20-34-53-23-37(54-34,21-47-25-42-24-43-47)32-14-5-27(39)19-33(32)40/h4-14,19,24-26,34H,1,15-18,20-23H2,2-3H3,(H3,41,44,50)/t34-,37+,38?/m0/s1. The first-order valence-corrected chi connectivity index (χ1v) is 17.7. The van der Waals surface area contributed by atoms with Crippen LogP contribution in [0.3, 0.4) is 0 Å². The molecule has 54 heavy (non-hydrogen) atoms. The number of ether oxygens (including phenoxy) is 3. The third-order valence-corrected chi connectivity index (χ3v) is 10.0. The molecule has 284 valence electrons. The van der Waals surface area contributed by atoms with Crippen molar-refractivity contribution < 1.29 is 32.6 Å². The number of piperazine rings is 1. The number of carbonyl (C=O) groups excluding carboxylic acids is 2. The van der Waals surface area contributed by atoms with Gasteiger partial charge in [0.25, 0.3) is 0 Å². The molecular formula is C38H43F2N9O5. The van der Waals surface area contributed by atoms with Crippen LogP contribution in [0.5, 0.6) is 5.75 Å². The van der Waals surface area contributed by atoms with E-state index in [0.717, 1.165) is 43.6 Å². The molecule has 3 atom stereocenters.